The molecule has 0 heterocycles. The molecule has 0 spiro atoms. The number of para-hydroxylation sites is 1. The average molecular weight is 379 g/mol. The number of amides is 1. The maximum atomic E-state index is 13.6. The highest BCUT2D eigenvalue weighted by Gasteiger charge is 2.17. The van der Waals surface area contributed by atoms with Gasteiger partial charge in [-0.2, -0.15) is 0 Å². The average Bonchev–Trinajstić information content (AvgIpc) is 2.56. The molecule has 0 aliphatic heterocycles. The molecule has 0 aromatic heterocycles. The van der Waals surface area contributed by atoms with Crippen molar-refractivity contribution in [2.24, 2.45) is 0 Å². The van der Waals surface area contributed by atoms with Crippen molar-refractivity contribution in [3.63, 3.8) is 0 Å². The van der Waals surface area contributed by atoms with Crippen molar-refractivity contribution in [1.82, 2.24) is 0 Å². The molecule has 140 valence electrons. The molecule has 0 radical (unpaired) electrons. The molecule has 2 aromatic carbocycles. The number of carbonyl (C=O) groups is 1. The Balaban J connectivity index is 1.72. The van der Waals surface area contributed by atoms with Crippen molar-refractivity contribution in [2.45, 2.75) is 32.4 Å². The van der Waals surface area contributed by atoms with E-state index in [1.54, 1.807) is 6.92 Å². The SMILES string of the molecule is Cc1cc(C)cc(OCCCSC(C)C(=O)Nc2c(F)cccc2F)c1. The Morgan fingerprint density at radius 1 is 1.15 bits per heavy atom. The van der Waals surface area contributed by atoms with E-state index in [-0.39, 0.29) is 0 Å². The summed E-state index contributed by atoms with van der Waals surface area (Å²) in [6.45, 7) is 6.30. The van der Waals surface area contributed by atoms with Crippen molar-refractivity contribution in [3.8, 4) is 5.75 Å². The number of hydrogen-bond acceptors (Lipinski definition) is 3. The molecule has 0 bridgehead atoms. The van der Waals surface area contributed by atoms with Gasteiger partial charge in [0.15, 0.2) is 0 Å². The molecule has 1 N–H and O–H groups in total. The third kappa shape index (κ3) is 6.02. The van der Waals surface area contributed by atoms with Crippen LogP contribution in [0.3, 0.4) is 0 Å². The van der Waals surface area contributed by atoms with Gasteiger partial charge in [-0.3, -0.25) is 4.79 Å². The molecule has 1 amide bonds. The smallest absolute Gasteiger partial charge is 0.237 e. The van der Waals surface area contributed by atoms with Gasteiger partial charge < -0.3 is 10.1 Å². The normalized spacial score (nSPS) is 11.9. The summed E-state index contributed by atoms with van der Waals surface area (Å²) < 4.78 is 32.9. The van der Waals surface area contributed by atoms with Crippen LogP contribution in [-0.2, 0) is 4.79 Å². The first-order valence-electron chi connectivity index (χ1n) is 8.44. The number of ether oxygens (including phenoxy) is 1. The minimum absolute atomic E-state index is 0.400. The number of nitrogens with one attached hydrogen (secondary N) is 1. The molecule has 0 aliphatic carbocycles. The summed E-state index contributed by atoms with van der Waals surface area (Å²) in [7, 11) is 0. The number of anilines is 1. The first-order valence-corrected chi connectivity index (χ1v) is 9.49. The Kier molecular flexibility index (Phi) is 7.45. The van der Waals surface area contributed by atoms with Crippen LogP contribution in [0.1, 0.15) is 24.5 Å². The summed E-state index contributed by atoms with van der Waals surface area (Å²) in [5.74, 6) is -0.434. The van der Waals surface area contributed by atoms with E-state index in [1.165, 1.54) is 17.8 Å². The molecule has 0 fully saturated rings. The number of hydrogen-bond donors (Lipinski definition) is 1. The van der Waals surface area contributed by atoms with Crippen LogP contribution in [0.4, 0.5) is 14.5 Å². The number of carbonyl (C=O) groups excluding carboxylic acids is 1. The van der Waals surface area contributed by atoms with Gasteiger partial charge in [0.2, 0.25) is 5.91 Å². The maximum absolute atomic E-state index is 13.6. The van der Waals surface area contributed by atoms with Crippen molar-refractivity contribution in [2.75, 3.05) is 17.7 Å². The third-order valence-corrected chi connectivity index (χ3v) is 4.94. The lowest BCUT2D eigenvalue weighted by molar-refractivity contribution is -0.115. The lowest BCUT2D eigenvalue weighted by Crippen LogP contribution is -2.24. The van der Waals surface area contributed by atoms with Crippen molar-refractivity contribution in [1.29, 1.82) is 0 Å². The Morgan fingerprint density at radius 3 is 2.38 bits per heavy atom. The first kappa shape index (κ1) is 20.2. The van der Waals surface area contributed by atoms with E-state index in [2.05, 4.69) is 11.4 Å². The second-order valence-corrected chi connectivity index (χ2v) is 7.57. The fourth-order valence-corrected chi connectivity index (χ4v) is 3.29. The topological polar surface area (TPSA) is 38.3 Å². The zero-order valence-electron chi connectivity index (χ0n) is 15.1. The van der Waals surface area contributed by atoms with E-state index in [0.717, 1.165) is 35.4 Å². The summed E-state index contributed by atoms with van der Waals surface area (Å²) in [6.07, 6.45) is 0.767. The second-order valence-electron chi connectivity index (χ2n) is 6.12. The predicted octanol–water partition coefficient (Wildman–Crippen LogP) is 5.11. The van der Waals surface area contributed by atoms with Gasteiger partial charge >= 0.3 is 0 Å². The molecular formula is C20H23F2NO2S. The molecule has 2 rings (SSSR count). The largest absolute Gasteiger partial charge is 0.494 e. The Morgan fingerprint density at radius 2 is 1.77 bits per heavy atom. The minimum Gasteiger partial charge on any atom is -0.494 e. The number of halogens is 2. The van der Waals surface area contributed by atoms with Crippen LogP contribution in [0.5, 0.6) is 5.75 Å². The maximum Gasteiger partial charge on any atom is 0.237 e. The Bertz CT molecular complexity index is 727. The van der Waals surface area contributed by atoms with Crippen LogP contribution in [0, 0.1) is 25.5 Å². The van der Waals surface area contributed by atoms with Crippen molar-refractivity contribution >= 4 is 23.4 Å². The van der Waals surface area contributed by atoms with Crippen LogP contribution in [-0.4, -0.2) is 23.5 Å². The molecule has 2 aromatic rings. The predicted molar refractivity (Wildman–Crippen MR) is 103 cm³/mol. The lowest BCUT2D eigenvalue weighted by atomic mass is 10.1. The molecule has 26 heavy (non-hydrogen) atoms. The number of rotatable bonds is 8. The van der Waals surface area contributed by atoms with Gasteiger partial charge in [0.1, 0.15) is 23.1 Å². The van der Waals surface area contributed by atoms with E-state index < -0.39 is 28.5 Å². The van der Waals surface area contributed by atoms with Crippen LogP contribution in [0.25, 0.3) is 0 Å². The van der Waals surface area contributed by atoms with Gasteiger partial charge in [-0.05, 0) is 68.3 Å². The fraction of sp³-hybridized carbons (Fsp3) is 0.350. The molecule has 0 aliphatic rings. The van der Waals surface area contributed by atoms with E-state index in [1.807, 2.05) is 26.0 Å². The zero-order chi connectivity index (χ0) is 19.1. The summed E-state index contributed by atoms with van der Waals surface area (Å²) >= 11 is 1.42. The Hall–Kier alpha value is -2.08. The van der Waals surface area contributed by atoms with Gasteiger partial charge in [-0.15, -0.1) is 11.8 Å². The van der Waals surface area contributed by atoms with Gasteiger partial charge in [0.05, 0.1) is 11.9 Å². The summed E-state index contributed by atoms with van der Waals surface area (Å²) in [6, 6.07) is 9.54. The van der Waals surface area contributed by atoms with E-state index >= 15 is 0 Å². The number of aryl methyl sites for hydroxylation is 2. The number of benzene rings is 2. The van der Waals surface area contributed by atoms with Crippen LogP contribution >= 0.6 is 11.8 Å². The molecule has 1 unspecified atom stereocenters. The highest BCUT2D eigenvalue weighted by molar-refractivity contribution is 8.00. The van der Waals surface area contributed by atoms with Crippen molar-refractivity contribution in [3.05, 3.63) is 59.2 Å². The lowest BCUT2D eigenvalue weighted by Gasteiger charge is -2.13. The van der Waals surface area contributed by atoms with Crippen molar-refractivity contribution < 1.29 is 18.3 Å². The monoisotopic (exact) mass is 379 g/mol. The van der Waals surface area contributed by atoms with Gasteiger partial charge in [0, 0.05) is 0 Å². The summed E-state index contributed by atoms with van der Waals surface area (Å²) in [5, 5.41) is 1.90. The van der Waals surface area contributed by atoms with Gasteiger partial charge in [-0.25, -0.2) is 8.78 Å². The van der Waals surface area contributed by atoms with Crippen LogP contribution < -0.4 is 10.1 Å². The zero-order valence-corrected chi connectivity index (χ0v) is 16.0. The molecule has 3 nitrogen and oxygen atoms in total. The second kappa shape index (κ2) is 9.57. The van der Waals surface area contributed by atoms with Crippen LogP contribution in [0.2, 0.25) is 0 Å². The van der Waals surface area contributed by atoms with Gasteiger partial charge in [-0.1, -0.05) is 12.1 Å². The van der Waals surface area contributed by atoms with Gasteiger partial charge in [0.25, 0.3) is 0 Å². The summed E-state index contributed by atoms with van der Waals surface area (Å²) in [5.41, 5.74) is 1.91. The first-order chi connectivity index (χ1) is 12.4. The highest BCUT2D eigenvalue weighted by atomic mass is 32.2. The standard InChI is InChI=1S/C20H23F2NO2S/c1-13-10-14(2)12-16(11-13)25-8-5-9-26-15(3)20(24)23-19-17(21)6-4-7-18(19)22/h4,6-7,10-12,15H,5,8-9H2,1-3H3,(H,23,24). The fourth-order valence-electron chi connectivity index (χ4n) is 2.44. The highest BCUT2D eigenvalue weighted by Crippen LogP contribution is 2.21. The third-order valence-electron chi connectivity index (χ3n) is 3.70. The van der Waals surface area contributed by atoms with E-state index in [9.17, 15) is 13.6 Å². The quantitative estimate of drug-likeness (QED) is 0.648. The Labute approximate surface area is 157 Å². The molecule has 6 heteroatoms. The molecule has 1 atom stereocenters. The van der Waals surface area contributed by atoms with Crippen LogP contribution in [0.15, 0.2) is 36.4 Å². The molecule has 0 saturated carbocycles. The van der Waals surface area contributed by atoms with E-state index in [0.29, 0.717) is 12.4 Å². The summed E-state index contributed by atoms with van der Waals surface area (Å²) in [4.78, 5) is 12.1. The minimum atomic E-state index is -0.780. The molecule has 0 saturated heterocycles. The molecular weight excluding hydrogens is 356 g/mol. The van der Waals surface area contributed by atoms with E-state index in [4.69, 9.17) is 4.74 Å². The number of thioether (sulfide) groups is 1.